The number of amides is 1. The molecule has 0 spiro atoms. The fraction of sp³-hybridized carbons (Fsp3) is 0.300. The predicted octanol–water partition coefficient (Wildman–Crippen LogP) is 2.32. The normalized spacial score (nSPS) is 11.2. The van der Waals surface area contributed by atoms with E-state index in [0.717, 1.165) is 15.7 Å². The Morgan fingerprint density at radius 1 is 1.07 bits per heavy atom. The van der Waals surface area contributed by atoms with E-state index in [9.17, 15) is 14.4 Å². The van der Waals surface area contributed by atoms with Crippen LogP contribution in [0.15, 0.2) is 40.1 Å². The van der Waals surface area contributed by atoms with Crippen LogP contribution in [0.1, 0.15) is 41.3 Å². The summed E-state index contributed by atoms with van der Waals surface area (Å²) < 4.78 is 2.33. The molecule has 0 unspecified atom stereocenters. The number of aromatic nitrogens is 3. The number of aryl methyl sites for hydroxylation is 2. The van der Waals surface area contributed by atoms with Crippen LogP contribution >= 0.6 is 0 Å². The van der Waals surface area contributed by atoms with Gasteiger partial charge >= 0.3 is 5.69 Å². The summed E-state index contributed by atoms with van der Waals surface area (Å²) in [5.74, 6) is -0.294. The maximum Gasteiger partial charge on any atom is 0.332 e. The number of nitrogens with one attached hydrogen (secondary N) is 1. The average Bonchev–Trinajstić information content (AvgIpc) is 2.64. The Kier molecular flexibility index (Phi) is 4.70. The summed E-state index contributed by atoms with van der Waals surface area (Å²) in [5, 5.41) is 3.11. The summed E-state index contributed by atoms with van der Waals surface area (Å²) in [5.41, 5.74) is 1.96. The van der Waals surface area contributed by atoms with Crippen molar-refractivity contribution in [2.75, 3.05) is 5.32 Å². The molecule has 0 saturated heterocycles. The predicted molar refractivity (Wildman–Crippen MR) is 105 cm³/mol. The van der Waals surface area contributed by atoms with Crippen molar-refractivity contribution in [2.45, 2.75) is 26.7 Å². The number of anilines is 1. The maximum atomic E-state index is 12.8. The summed E-state index contributed by atoms with van der Waals surface area (Å²) in [6.07, 6.45) is 1.61. The summed E-state index contributed by atoms with van der Waals surface area (Å²) in [7, 11) is 2.97. The zero-order valence-corrected chi connectivity index (χ0v) is 16.0. The van der Waals surface area contributed by atoms with Crippen LogP contribution in [0.4, 0.5) is 5.69 Å². The van der Waals surface area contributed by atoms with E-state index in [2.05, 4.69) is 10.3 Å². The number of hydrogen-bond donors (Lipinski definition) is 1. The van der Waals surface area contributed by atoms with Gasteiger partial charge in [-0.3, -0.25) is 18.7 Å². The van der Waals surface area contributed by atoms with E-state index in [1.165, 1.54) is 11.6 Å². The maximum absolute atomic E-state index is 12.8. The van der Waals surface area contributed by atoms with Gasteiger partial charge in [0, 0.05) is 25.9 Å². The van der Waals surface area contributed by atoms with Gasteiger partial charge in [-0.15, -0.1) is 0 Å². The second-order valence-electron chi connectivity index (χ2n) is 6.97. The molecule has 0 bridgehead atoms. The van der Waals surface area contributed by atoms with Gasteiger partial charge in [-0.2, -0.15) is 0 Å². The Morgan fingerprint density at radius 2 is 1.70 bits per heavy atom. The molecule has 3 rings (SSSR count). The molecule has 1 N–H and O–H groups in total. The van der Waals surface area contributed by atoms with E-state index < -0.39 is 11.2 Å². The Hall–Kier alpha value is -3.22. The fourth-order valence-corrected chi connectivity index (χ4v) is 3.01. The number of hydrogen-bond acceptors (Lipinski definition) is 4. The molecule has 0 atom stereocenters. The molecule has 0 fully saturated rings. The summed E-state index contributed by atoms with van der Waals surface area (Å²) in [6, 6.07) is 7.17. The van der Waals surface area contributed by atoms with Crippen LogP contribution in [0.5, 0.6) is 0 Å². The average molecular weight is 366 g/mol. The molecule has 2 heterocycles. The molecule has 0 radical (unpaired) electrons. The number of carbonyl (C=O) groups is 1. The first-order valence-electron chi connectivity index (χ1n) is 8.69. The molecule has 1 aromatic carbocycles. The van der Waals surface area contributed by atoms with Gasteiger partial charge in [-0.05, 0) is 30.5 Å². The minimum atomic E-state index is -0.484. The Labute approximate surface area is 156 Å². The lowest BCUT2D eigenvalue weighted by molar-refractivity contribution is 0.102. The molecule has 140 valence electrons. The third kappa shape index (κ3) is 3.16. The van der Waals surface area contributed by atoms with Crippen LogP contribution in [-0.4, -0.2) is 20.0 Å². The summed E-state index contributed by atoms with van der Waals surface area (Å²) in [4.78, 5) is 42.1. The second kappa shape index (κ2) is 6.83. The Morgan fingerprint density at radius 3 is 2.30 bits per heavy atom. The molecular weight excluding hydrogens is 344 g/mol. The minimum Gasteiger partial charge on any atom is -0.321 e. The summed E-state index contributed by atoms with van der Waals surface area (Å²) in [6.45, 7) is 5.85. The van der Waals surface area contributed by atoms with E-state index in [1.54, 1.807) is 25.4 Å². The highest BCUT2D eigenvalue weighted by Crippen LogP contribution is 2.29. The lowest BCUT2D eigenvalue weighted by Gasteiger charge is -2.17. The van der Waals surface area contributed by atoms with Gasteiger partial charge in [0.1, 0.15) is 5.39 Å². The fourth-order valence-electron chi connectivity index (χ4n) is 3.01. The van der Waals surface area contributed by atoms with E-state index in [4.69, 9.17) is 0 Å². The molecule has 0 aliphatic heterocycles. The van der Waals surface area contributed by atoms with Crippen LogP contribution in [0, 0.1) is 6.92 Å². The van der Waals surface area contributed by atoms with E-state index in [1.807, 2.05) is 32.9 Å². The lowest BCUT2D eigenvalue weighted by atomic mass is 10.0. The first kappa shape index (κ1) is 18.6. The molecule has 7 heteroatoms. The summed E-state index contributed by atoms with van der Waals surface area (Å²) >= 11 is 0. The van der Waals surface area contributed by atoms with Crippen molar-refractivity contribution in [1.29, 1.82) is 0 Å². The topological polar surface area (TPSA) is 86.0 Å². The Bertz CT molecular complexity index is 1160. The van der Waals surface area contributed by atoms with Gasteiger partial charge in [-0.1, -0.05) is 31.5 Å². The number of fused-ring (bicyclic) bond motifs is 1. The standard InChI is InChI=1S/C20H22N4O3/c1-11(2)14-10-21-17-15(19(26)24(5)20(27)23(17)4)16(14)22-18(25)13-8-6-12(3)7-9-13/h6-11H,1-5H3,(H,21,22,25). The molecule has 27 heavy (non-hydrogen) atoms. The third-order valence-electron chi connectivity index (χ3n) is 4.67. The quantitative estimate of drug-likeness (QED) is 0.771. The van der Waals surface area contributed by atoms with Gasteiger partial charge in [0.15, 0.2) is 5.65 Å². The molecule has 3 aromatic rings. The van der Waals surface area contributed by atoms with Gasteiger partial charge < -0.3 is 5.32 Å². The van der Waals surface area contributed by atoms with Gasteiger partial charge in [0.05, 0.1) is 5.69 Å². The number of rotatable bonds is 3. The van der Waals surface area contributed by atoms with Crippen molar-refractivity contribution in [3.8, 4) is 0 Å². The SMILES string of the molecule is Cc1ccc(C(=O)Nc2c(C(C)C)cnc3c2c(=O)n(C)c(=O)n3C)cc1. The molecule has 0 saturated carbocycles. The first-order valence-corrected chi connectivity index (χ1v) is 8.69. The van der Waals surface area contributed by atoms with Crippen LogP contribution < -0.4 is 16.6 Å². The van der Waals surface area contributed by atoms with Crippen molar-refractivity contribution in [3.63, 3.8) is 0 Å². The van der Waals surface area contributed by atoms with Gasteiger partial charge in [0.2, 0.25) is 0 Å². The molecule has 0 aliphatic rings. The van der Waals surface area contributed by atoms with Crippen molar-refractivity contribution < 1.29 is 4.79 Å². The number of pyridine rings is 1. The van der Waals surface area contributed by atoms with Crippen molar-refractivity contribution in [2.24, 2.45) is 14.1 Å². The number of nitrogens with zero attached hydrogens (tertiary/aromatic N) is 3. The van der Waals surface area contributed by atoms with Crippen molar-refractivity contribution in [3.05, 3.63) is 68.0 Å². The van der Waals surface area contributed by atoms with E-state index in [-0.39, 0.29) is 22.9 Å². The zero-order valence-electron chi connectivity index (χ0n) is 16.0. The molecular formula is C20H22N4O3. The smallest absolute Gasteiger partial charge is 0.321 e. The van der Waals surface area contributed by atoms with Crippen molar-refractivity contribution >= 4 is 22.6 Å². The van der Waals surface area contributed by atoms with Crippen LogP contribution in [0.25, 0.3) is 11.0 Å². The largest absolute Gasteiger partial charge is 0.332 e. The van der Waals surface area contributed by atoms with Gasteiger partial charge in [-0.25, -0.2) is 9.78 Å². The second-order valence-corrected chi connectivity index (χ2v) is 6.97. The number of carbonyl (C=O) groups excluding carboxylic acids is 1. The first-order chi connectivity index (χ1) is 12.7. The third-order valence-corrected chi connectivity index (χ3v) is 4.67. The monoisotopic (exact) mass is 366 g/mol. The highest BCUT2D eigenvalue weighted by Gasteiger charge is 2.20. The minimum absolute atomic E-state index is 0.0251. The van der Waals surface area contributed by atoms with Gasteiger partial charge in [0.25, 0.3) is 11.5 Å². The number of benzene rings is 1. The highest BCUT2D eigenvalue weighted by atomic mass is 16.2. The zero-order chi connectivity index (χ0) is 19.9. The van der Waals surface area contributed by atoms with Crippen LogP contribution in [-0.2, 0) is 14.1 Å². The van der Waals surface area contributed by atoms with Crippen LogP contribution in [0.2, 0.25) is 0 Å². The van der Waals surface area contributed by atoms with E-state index in [0.29, 0.717) is 11.3 Å². The molecule has 7 nitrogen and oxygen atoms in total. The van der Waals surface area contributed by atoms with Crippen molar-refractivity contribution in [1.82, 2.24) is 14.1 Å². The lowest BCUT2D eigenvalue weighted by Crippen LogP contribution is -2.38. The molecule has 0 aliphatic carbocycles. The van der Waals surface area contributed by atoms with E-state index >= 15 is 0 Å². The highest BCUT2D eigenvalue weighted by molar-refractivity contribution is 6.09. The van der Waals surface area contributed by atoms with Crippen LogP contribution in [0.3, 0.4) is 0 Å². The molecule has 2 aromatic heterocycles. The Balaban J connectivity index is 2.27. The molecule has 1 amide bonds.